The van der Waals surface area contributed by atoms with Gasteiger partial charge in [0.05, 0.1) is 6.07 Å². The zero-order chi connectivity index (χ0) is 6.27. The summed E-state index contributed by atoms with van der Waals surface area (Å²) in [6, 6.07) is 2.10. The van der Waals surface area contributed by atoms with Gasteiger partial charge in [-0.05, 0) is 31.1 Å². The molecule has 46 valence electrons. The summed E-state index contributed by atoms with van der Waals surface area (Å²) in [4.78, 5) is 0. The molecule has 2 aliphatic carbocycles. The molecule has 1 heteroatoms. The fourth-order valence-electron chi connectivity index (χ4n) is 1.82. The maximum Gasteiger partial charge on any atom is 0.0911 e. The minimum absolute atomic E-state index is 0.838. The van der Waals surface area contributed by atoms with Crippen molar-refractivity contribution in [1.82, 2.24) is 0 Å². The molecule has 2 rings (SSSR count). The number of hydrogen-bond donors (Lipinski definition) is 0. The third-order valence-corrected chi connectivity index (χ3v) is 2.45. The van der Waals surface area contributed by atoms with Gasteiger partial charge in [-0.1, -0.05) is 5.57 Å². The number of nitriles is 1. The predicted molar refractivity (Wildman–Crippen MR) is 34.5 cm³/mol. The first-order valence-electron chi connectivity index (χ1n) is 3.50. The largest absolute Gasteiger partial charge is 0.193 e. The van der Waals surface area contributed by atoms with E-state index in [2.05, 4.69) is 6.07 Å². The van der Waals surface area contributed by atoms with Gasteiger partial charge in [-0.15, -0.1) is 0 Å². The first kappa shape index (κ1) is 5.05. The lowest BCUT2D eigenvalue weighted by molar-refractivity contribution is 0.786. The fourth-order valence-corrected chi connectivity index (χ4v) is 1.82. The van der Waals surface area contributed by atoms with Crippen molar-refractivity contribution in [3.63, 3.8) is 0 Å². The third-order valence-electron chi connectivity index (χ3n) is 2.45. The molecule has 0 spiro atoms. The number of allylic oxidation sites excluding steroid dienone is 2. The molecular weight excluding hydrogens is 110 g/mol. The standard InChI is InChI=1S/C8H9N/c9-4-3-6-1-2-7-5-8(6)7/h3,7-8H,1-2,5H2. The van der Waals surface area contributed by atoms with E-state index in [9.17, 15) is 0 Å². The van der Waals surface area contributed by atoms with Crippen LogP contribution in [0.3, 0.4) is 0 Å². The van der Waals surface area contributed by atoms with E-state index in [4.69, 9.17) is 5.26 Å². The minimum atomic E-state index is 0.838. The first-order valence-corrected chi connectivity index (χ1v) is 3.50. The Hall–Kier alpha value is -0.770. The molecule has 0 radical (unpaired) electrons. The lowest BCUT2D eigenvalue weighted by Gasteiger charge is -1.91. The Balaban J connectivity index is 2.16. The van der Waals surface area contributed by atoms with E-state index in [0.29, 0.717) is 0 Å². The summed E-state index contributed by atoms with van der Waals surface area (Å²) in [5.74, 6) is 1.81. The summed E-state index contributed by atoms with van der Waals surface area (Å²) in [7, 11) is 0. The number of nitrogens with zero attached hydrogens (tertiary/aromatic N) is 1. The minimum Gasteiger partial charge on any atom is -0.193 e. The van der Waals surface area contributed by atoms with Gasteiger partial charge in [0.2, 0.25) is 0 Å². The van der Waals surface area contributed by atoms with Crippen molar-refractivity contribution < 1.29 is 0 Å². The van der Waals surface area contributed by atoms with Gasteiger partial charge in [-0.25, -0.2) is 0 Å². The molecule has 2 aliphatic rings. The van der Waals surface area contributed by atoms with E-state index in [1.165, 1.54) is 24.8 Å². The predicted octanol–water partition coefficient (Wildman–Crippen LogP) is 1.87. The number of rotatable bonds is 0. The quantitative estimate of drug-likeness (QED) is 0.446. The van der Waals surface area contributed by atoms with Crippen LogP contribution in [0, 0.1) is 23.2 Å². The van der Waals surface area contributed by atoms with E-state index in [1.54, 1.807) is 6.08 Å². The van der Waals surface area contributed by atoms with Crippen molar-refractivity contribution in [2.75, 3.05) is 0 Å². The highest BCUT2D eigenvalue weighted by Crippen LogP contribution is 2.54. The van der Waals surface area contributed by atoms with E-state index >= 15 is 0 Å². The van der Waals surface area contributed by atoms with E-state index < -0.39 is 0 Å². The van der Waals surface area contributed by atoms with Crippen LogP contribution in [0.2, 0.25) is 0 Å². The Morgan fingerprint density at radius 2 is 2.56 bits per heavy atom. The molecule has 0 aliphatic heterocycles. The molecular formula is C8H9N. The number of fused-ring (bicyclic) bond motifs is 1. The second-order valence-electron chi connectivity index (χ2n) is 2.99. The van der Waals surface area contributed by atoms with Crippen LogP contribution in [0.5, 0.6) is 0 Å². The fraction of sp³-hybridized carbons (Fsp3) is 0.625. The highest BCUT2D eigenvalue weighted by Gasteiger charge is 2.44. The zero-order valence-electron chi connectivity index (χ0n) is 5.30. The molecule has 0 aromatic rings. The lowest BCUT2D eigenvalue weighted by Crippen LogP contribution is -1.76. The maximum absolute atomic E-state index is 8.34. The van der Waals surface area contributed by atoms with Crippen molar-refractivity contribution >= 4 is 0 Å². The zero-order valence-corrected chi connectivity index (χ0v) is 5.30. The molecule has 2 atom stereocenters. The van der Waals surface area contributed by atoms with Crippen LogP contribution in [0.1, 0.15) is 19.3 Å². The third kappa shape index (κ3) is 0.666. The average Bonchev–Trinajstić information content (AvgIpc) is 2.54. The van der Waals surface area contributed by atoms with Crippen LogP contribution >= 0.6 is 0 Å². The van der Waals surface area contributed by atoms with E-state index in [-0.39, 0.29) is 0 Å². The van der Waals surface area contributed by atoms with Crippen LogP contribution < -0.4 is 0 Å². The Bertz CT molecular complexity index is 197. The average molecular weight is 119 g/mol. The van der Waals surface area contributed by atoms with Crippen LogP contribution in [0.15, 0.2) is 11.6 Å². The molecule has 9 heavy (non-hydrogen) atoms. The maximum atomic E-state index is 8.34. The first-order chi connectivity index (χ1) is 4.42. The molecule has 0 saturated heterocycles. The second-order valence-corrected chi connectivity index (χ2v) is 2.99. The highest BCUT2D eigenvalue weighted by atomic mass is 14.5. The molecule has 0 N–H and O–H groups in total. The van der Waals surface area contributed by atoms with Crippen molar-refractivity contribution in [2.45, 2.75) is 19.3 Å². The normalized spacial score (nSPS) is 42.3. The van der Waals surface area contributed by atoms with Crippen molar-refractivity contribution in [3.05, 3.63) is 11.6 Å². The van der Waals surface area contributed by atoms with Gasteiger partial charge in [0.25, 0.3) is 0 Å². The molecule has 0 amide bonds. The highest BCUT2D eigenvalue weighted by molar-refractivity contribution is 5.26. The molecule has 0 aromatic heterocycles. The SMILES string of the molecule is N#CC=C1CCC2CC12. The Morgan fingerprint density at radius 3 is 3.00 bits per heavy atom. The molecule has 2 fully saturated rings. The molecule has 0 bridgehead atoms. The molecule has 0 heterocycles. The number of hydrogen-bond acceptors (Lipinski definition) is 1. The topological polar surface area (TPSA) is 23.8 Å². The van der Waals surface area contributed by atoms with Crippen LogP contribution in [0.4, 0.5) is 0 Å². The van der Waals surface area contributed by atoms with Crippen molar-refractivity contribution in [3.8, 4) is 6.07 Å². The van der Waals surface area contributed by atoms with Crippen LogP contribution in [0.25, 0.3) is 0 Å². The van der Waals surface area contributed by atoms with Gasteiger partial charge < -0.3 is 0 Å². The van der Waals surface area contributed by atoms with Crippen LogP contribution in [-0.4, -0.2) is 0 Å². The molecule has 2 saturated carbocycles. The second kappa shape index (κ2) is 1.60. The summed E-state index contributed by atoms with van der Waals surface area (Å²) in [5, 5.41) is 8.34. The van der Waals surface area contributed by atoms with Gasteiger partial charge in [0.15, 0.2) is 0 Å². The molecule has 2 unspecified atom stereocenters. The summed E-state index contributed by atoms with van der Waals surface area (Å²) in [5.41, 5.74) is 1.42. The van der Waals surface area contributed by atoms with Gasteiger partial charge in [-0.3, -0.25) is 0 Å². The Morgan fingerprint density at radius 1 is 1.67 bits per heavy atom. The summed E-state index contributed by atoms with van der Waals surface area (Å²) < 4.78 is 0. The molecule has 1 nitrogen and oxygen atoms in total. The van der Waals surface area contributed by atoms with Gasteiger partial charge in [-0.2, -0.15) is 5.26 Å². The monoisotopic (exact) mass is 119 g/mol. The summed E-state index contributed by atoms with van der Waals surface area (Å²) >= 11 is 0. The smallest absolute Gasteiger partial charge is 0.0911 e. The van der Waals surface area contributed by atoms with E-state index in [0.717, 1.165) is 11.8 Å². The van der Waals surface area contributed by atoms with Gasteiger partial charge >= 0.3 is 0 Å². The van der Waals surface area contributed by atoms with Crippen molar-refractivity contribution in [1.29, 1.82) is 5.26 Å². The van der Waals surface area contributed by atoms with Gasteiger partial charge in [0, 0.05) is 6.08 Å². The van der Waals surface area contributed by atoms with Crippen LogP contribution in [-0.2, 0) is 0 Å². The summed E-state index contributed by atoms with van der Waals surface area (Å²) in [6.07, 6.45) is 5.66. The molecule has 0 aromatic carbocycles. The lowest BCUT2D eigenvalue weighted by atomic mass is 10.1. The van der Waals surface area contributed by atoms with Crippen molar-refractivity contribution in [2.24, 2.45) is 11.8 Å². The van der Waals surface area contributed by atoms with E-state index in [1.807, 2.05) is 0 Å². The Labute approximate surface area is 55.0 Å². The van der Waals surface area contributed by atoms with Gasteiger partial charge in [0.1, 0.15) is 0 Å². The Kier molecular flexibility index (Phi) is 0.900. The summed E-state index contributed by atoms with van der Waals surface area (Å²) in [6.45, 7) is 0.